The molecule has 0 spiro atoms. The fraction of sp³-hybridized carbons (Fsp3) is 0.800. The van der Waals surface area contributed by atoms with Gasteiger partial charge in [-0.3, -0.25) is 0 Å². The second-order valence-electron chi connectivity index (χ2n) is 5.50. The third-order valence-electron chi connectivity index (χ3n) is 4.03. The van der Waals surface area contributed by atoms with Gasteiger partial charge in [0.25, 0.3) is 0 Å². The van der Waals surface area contributed by atoms with Crippen LogP contribution in [0.2, 0.25) is 13.3 Å². The molecule has 0 saturated carbocycles. The molecular formula is C15H29IrN2Sn-. The van der Waals surface area contributed by atoms with Crippen LogP contribution in [-0.2, 0) is 20.1 Å². The number of nitrogens with zero attached hydrogens (tertiary/aromatic N) is 2. The Kier molecular flexibility index (Phi) is 11.7. The summed E-state index contributed by atoms with van der Waals surface area (Å²) in [6.45, 7) is 6.94. The molecule has 0 aromatic carbocycles. The van der Waals surface area contributed by atoms with E-state index in [1.165, 1.54) is 55.5 Å². The molecule has 1 radical (unpaired) electrons. The van der Waals surface area contributed by atoms with Gasteiger partial charge in [0.1, 0.15) is 0 Å². The van der Waals surface area contributed by atoms with Crippen molar-refractivity contribution >= 4 is 22.1 Å². The summed E-state index contributed by atoms with van der Waals surface area (Å²) in [6.07, 6.45) is 12.0. The molecule has 4 heteroatoms. The summed E-state index contributed by atoms with van der Waals surface area (Å²) >= 11 is -2.21. The number of rotatable bonds is 10. The van der Waals surface area contributed by atoms with E-state index in [1.54, 1.807) is 6.33 Å². The monoisotopic (exact) mass is 550 g/mol. The van der Waals surface area contributed by atoms with E-state index in [-0.39, 0.29) is 20.1 Å². The van der Waals surface area contributed by atoms with Crippen molar-refractivity contribution in [1.82, 2.24) is 9.97 Å². The van der Waals surface area contributed by atoms with Gasteiger partial charge < -0.3 is 0 Å². The van der Waals surface area contributed by atoms with Crippen LogP contribution < -0.4 is 8.69 Å². The molecule has 0 unspecified atom stereocenters. The first-order chi connectivity index (χ1) is 8.79. The summed E-state index contributed by atoms with van der Waals surface area (Å²) in [7, 11) is 0. The van der Waals surface area contributed by atoms with E-state index in [0.29, 0.717) is 0 Å². The Labute approximate surface area is 136 Å². The van der Waals surface area contributed by atoms with Crippen molar-refractivity contribution in [1.29, 1.82) is 0 Å². The molecule has 1 rings (SSSR count). The molecule has 1 aromatic rings. The molecule has 1 heterocycles. The van der Waals surface area contributed by atoms with Crippen LogP contribution >= 0.6 is 0 Å². The summed E-state index contributed by atoms with van der Waals surface area (Å²) in [5.41, 5.74) is 0. The van der Waals surface area contributed by atoms with Crippen LogP contribution in [0.5, 0.6) is 0 Å². The molecule has 113 valence electrons. The molecule has 0 aliphatic carbocycles. The first kappa shape index (κ1) is 19.7. The predicted molar refractivity (Wildman–Crippen MR) is 82.1 cm³/mol. The predicted octanol–water partition coefficient (Wildman–Crippen LogP) is 4.09. The van der Waals surface area contributed by atoms with Crippen LogP contribution in [0.15, 0.2) is 12.5 Å². The number of hydrogen-bond acceptors (Lipinski definition) is 1. The van der Waals surface area contributed by atoms with Gasteiger partial charge in [0.15, 0.2) is 0 Å². The number of imidazole rings is 1. The Balaban J connectivity index is 0.00000324. The molecule has 0 bridgehead atoms. The van der Waals surface area contributed by atoms with E-state index in [9.17, 15) is 0 Å². The SMILES string of the molecule is CCC[CH2][Sn]([CH2]CCC)([CH2]CCC)[c]1c[n-]cn1.[Ir]. The second kappa shape index (κ2) is 11.3. The topological polar surface area (TPSA) is 27.0 Å². The van der Waals surface area contributed by atoms with Gasteiger partial charge in [-0.25, -0.2) is 0 Å². The van der Waals surface area contributed by atoms with Crippen molar-refractivity contribution in [3.8, 4) is 0 Å². The normalized spacial score (nSPS) is 11.3. The van der Waals surface area contributed by atoms with Gasteiger partial charge in [-0.15, -0.1) is 0 Å². The van der Waals surface area contributed by atoms with Gasteiger partial charge in [0.2, 0.25) is 0 Å². The summed E-state index contributed by atoms with van der Waals surface area (Å²) in [5, 5.41) is 0. The number of unbranched alkanes of at least 4 members (excludes halogenated alkanes) is 3. The molecule has 0 aliphatic rings. The Morgan fingerprint density at radius 1 is 0.947 bits per heavy atom. The van der Waals surface area contributed by atoms with E-state index in [4.69, 9.17) is 0 Å². The molecular weight excluding hydrogens is 519 g/mol. The van der Waals surface area contributed by atoms with E-state index in [2.05, 4.69) is 36.9 Å². The molecule has 0 fully saturated rings. The second-order valence-corrected chi connectivity index (χ2v) is 18.6. The Morgan fingerprint density at radius 2 is 1.42 bits per heavy atom. The first-order valence-electron chi connectivity index (χ1n) is 7.72. The molecule has 0 aliphatic heterocycles. The average molecular weight is 548 g/mol. The quantitative estimate of drug-likeness (QED) is 0.412. The van der Waals surface area contributed by atoms with Gasteiger partial charge in [0, 0.05) is 20.1 Å². The zero-order valence-electron chi connectivity index (χ0n) is 12.7. The van der Waals surface area contributed by atoms with Crippen molar-refractivity contribution in [3.05, 3.63) is 12.5 Å². The number of aromatic nitrogens is 2. The Bertz CT molecular complexity index is 279. The van der Waals surface area contributed by atoms with Crippen molar-refractivity contribution in [2.75, 3.05) is 0 Å². The fourth-order valence-corrected chi connectivity index (χ4v) is 17.9. The van der Waals surface area contributed by atoms with Crippen LogP contribution in [0.4, 0.5) is 0 Å². The van der Waals surface area contributed by atoms with Crippen LogP contribution in [0.1, 0.15) is 59.3 Å². The summed E-state index contributed by atoms with van der Waals surface area (Å²) in [4.78, 5) is 8.88. The molecule has 2 nitrogen and oxygen atoms in total. The van der Waals surface area contributed by atoms with Gasteiger partial charge >= 0.3 is 117 Å². The summed E-state index contributed by atoms with van der Waals surface area (Å²) in [5.74, 6) is 0. The minimum Gasteiger partial charge on any atom is 0 e. The van der Waals surface area contributed by atoms with E-state index in [0.717, 1.165) is 0 Å². The van der Waals surface area contributed by atoms with Gasteiger partial charge in [-0.05, 0) is 0 Å². The Hall–Kier alpha value is 0.658. The smallest absolute Gasteiger partial charge is 0 e. The fourth-order valence-electron chi connectivity index (χ4n) is 2.81. The van der Waals surface area contributed by atoms with Crippen LogP contribution in [0.3, 0.4) is 0 Å². The van der Waals surface area contributed by atoms with Gasteiger partial charge in [0.05, 0.1) is 0 Å². The van der Waals surface area contributed by atoms with Gasteiger partial charge in [-0.1, -0.05) is 0 Å². The molecule has 19 heavy (non-hydrogen) atoms. The van der Waals surface area contributed by atoms with Crippen molar-refractivity contribution in [2.24, 2.45) is 0 Å². The third-order valence-corrected chi connectivity index (χ3v) is 19.1. The van der Waals surface area contributed by atoms with E-state index in [1.807, 2.05) is 0 Å². The maximum absolute atomic E-state index is 4.63. The zero-order chi connectivity index (χ0) is 13.3. The molecule has 1 aromatic heterocycles. The van der Waals surface area contributed by atoms with Crippen LogP contribution in [0, 0.1) is 0 Å². The van der Waals surface area contributed by atoms with E-state index < -0.39 is 18.4 Å². The van der Waals surface area contributed by atoms with Crippen LogP contribution in [0.25, 0.3) is 0 Å². The van der Waals surface area contributed by atoms with Gasteiger partial charge in [-0.2, -0.15) is 0 Å². The summed E-state index contributed by atoms with van der Waals surface area (Å²) < 4.78 is 5.93. The zero-order valence-corrected chi connectivity index (χ0v) is 18.0. The first-order valence-corrected chi connectivity index (χ1v) is 15.2. The third kappa shape index (κ3) is 6.30. The van der Waals surface area contributed by atoms with Crippen molar-refractivity contribution < 1.29 is 20.1 Å². The molecule has 0 N–H and O–H groups in total. The summed E-state index contributed by atoms with van der Waals surface area (Å²) in [6, 6.07) is 0. The minimum atomic E-state index is -2.21. The molecule has 0 amide bonds. The minimum absolute atomic E-state index is 0. The largest absolute Gasteiger partial charge is 0 e. The Morgan fingerprint density at radius 3 is 1.74 bits per heavy atom. The maximum atomic E-state index is 4.63. The number of hydrogen-bond donors (Lipinski definition) is 0. The van der Waals surface area contributed by atoms with Crippen molar-refractivity contribution in [2.45, 2.75) is 72.6 Å². The molecule has 0 saturated heterocycles. The average Bonchev–Trinajstić information content (AvgIpc) is 2.93. The van der Waals surface area contributed by atoms with Crippen molar-refractivity contribution in [3.63, 3.8) is 0 Å². The maximum Gasteiger partial charge on any atom is 0 e. The van der Waals surface area contributed by atoms with E-state index >= 15 is 0 Å². The molecule has 0 atom stereocenters. The standard InChI is InChI=1S/3C4H9.C3H2N2.Ir.Sn/c3*1-3-4-2;1-2-5-3-4-1;;/h3*1,3-4H2,2H3;1,3H;;/q;;;-1;;. The van der Waals surface area contributed by atoms with Crippen LogP contribution in [-0.4, -0.2) is 23.4 Å².